The van der Waals surface area contributed by atoms with Gasteiger partial charge in [0.05, 0.1) is 11.0 Å². The van der Waals surface area contributed by atoms with E-state index in [0.717, 1.165) is 26.9 Å². The number of fused-ring (bicyclic) bond motifs is 3. The maximum absolute atomic E-state index is 6.57. The molecule has 1 aromatic carbocycles. The molecule has 98 valence electrons. The Kier molecular flexibility index (Phi) is 2.64. The van der Waals surface area contributed by atoms with Crippen molar-refractivity contribution in [2.45, 2.75) is 25.7 Å². The van der Waals surface area contributed by atoms with E-state index in [1.54, 1.807) is 0 Å². The molecule has 0 radical (unpaired) electrons. The van der Waals surface area contributed by atoms with E-state index in [9.17, 15) is 0 Å². The number of aromatic nitrogens is 2. The van der Waals surface area contributed by atoms with Crippen LogP contribution in [-0.4, -0.2) is 9.97 Å². The van der Waals surface area contributed by atoms with E-state index >= 15 is 0 Å². The Morgan fingerprint density at radius 2 is 1.79 bits per heavy atom. The molecule has 2 aromatic rings. The van der Waals surface area contributed by atoms with Crippen LogP contribution in [0.5, 0.6) is 0 Å². The molecule has 3 aliphatic rings. The fourth-order valence-corrected chi connectivity index (χ4v) is 4.10. The van der Waals surface area contributed by atoms with Crippen LogP contribution in [0.1, 0.15) is 31.5 Å². The Morgan fingerprint density at radius 3 is 2.53 bits per heavy atom. The van der Waals surface area contributed by atoms with Crippen LogP contribution in [0.4, 0.5) is 0 Å². The lowest BCUT2D eigenvalue weighted by atomic mass is 9.71. The van der Waals surface area contributed by atoms with Gasteiger partial charge in [0.2, 0.25) is 0 Å². The van der Waals surface area contributed by atoms with E-state index < -0.39 is 0 Å². The van der Waals surface area contributed by atoms with Gasteiger partial charge >= 0.3 is 0 Å². The number of rotatable bonds is 1. The molecular weight excluding hydrogens is 279 g/mol. The molecule has 1 aromatic heterocycles. The molecule has 0 saturated heterocycles. The van der Waals surface area contributed by atoms with Crippen LogP contribution in [0.3, 0.4) is 0 Å². The number of H-pyrrole nitrogens is 1. The van der Waals surface area contributed by atoms with Crippen molar-refractivity contribution in [3.8, 4) is 0 Å². The summed E-state index contributed by atoms with van der Waals surface area (Å²) in [5.74, 6) is 2.07. The van der Waals surface area contributed by atoms with Gasteiger partial charge in [-0.2, -0.15) is 0 Å². The molecule has 0 spiro atoms. The largest absolute Gasteiger partial charge is 0.338 e. The number of halogens is 2. The Hall–Kier alpha value is -0.990. The van der Waals surface area contributed by atoms with Crippen molar-refractivity contribution < 1.29 is 0 Å². The van der Waals surface area contributed by atoms with Gasteiger partial charge in [-0.3, -0.25) is 0 Å². The van der Waals surface area contributed by atoms with Gasteiger partial charge in [-0.05, 0) is 55.7 Å². The molecular formula is C15H14Cl2N2. The first-order valence-electron chi connectivity index (χ1n) is 6.77. The van der Waals surface area contributed by atoms with E-state index in [2.05, 4.69) is 4.98 Å². The number of hydrogen-bond acceptors (Lipinski definition) is 1. The minimum absolute atomic E-state index is 0.554. The van der Waals surface area contributed by atoms with Crippen LogP contribution < -0.4 is 0 Å². The normalized spacial score (nSPS) is 26.4. The van der Waals surface area contributed by atoms with Crippen molar-refractivity contribution in [3.05, 3.63) is 34.1 Å². The average molecular weight is 293 g/mol. The SMILES string of the molecule is ClC1=C(c2nc3ccc(Cl)cc3[nH]2)C2CCC1CC2. The van der Waals surface area contributed by atoms with Crippen LogP contribution in [-0.2, 0) is 0 Å². The highest BCUT2D eigenvalue weighted by Gasteiger charge is 2.36. The summed E-state index contributed by atoms with van der Waals surface area (Å²) in [4.78, 5) is 8.07. The molecule has 1 heterocycles. The summed E-state index contributed by atoms with van der Waals surface area (Å²) in [6.45, 7) is 0. The Morgan fingerprint density at radius 1 is 1.05 bits per heavy atom. The quantitative estimate of drug-likeness (QED) is 0.788. The summed E-state index contributed by atoms with van der Waals surface area (Å²) in [6, 6.07) is 5.74. The third-order valence-electron chi connectivity index (χ3n) is 4.45. The zero-order valence-electron chi connectivity index (χ0n) is 10.4. The monoisotopic (exact) mass is 292 g/mol. The summed E-state index contributed by atoms with van der Waals surface area (Å²) in [7, 11) is 0. The van der Waals surface area contributed by atoms with Gasteiger partial charge in [-0.25, -0.2) is 4.98 Å². The van der Waals surface area contributed by atoms with Gasteiger partial charge < -0.3 is 4.98 Å². The summed E-state index contributed by atoms with van der Waals surface area (Å²) in [5.41, 5.74) is 3.19. The number of imidazole rings is 1. The van der Waals surface area contributed by atoms with Gasteiger partial charge in [0.15, 0.2) is 0 Å². The zero-order chi connectivity index (χ0) is 13.0. The number of nitrogens with zero attached hydrogens (tertiary/aromatic N) is 1. The maximum atomic E-state index is 6.57. The molecule has 1 saturated carbocycles. The van der Waals surface area contributed by atoms with Crippen LogP contribution >= 0.6 is 23.2 Å². The summed E-state index contributed by atoms with van der Waals surface area (Å²) in [6.07, 6.45) is 4.96. The molecule has 0 unspecified atom stereocenters. The topological polar surface area (TPSA) is 28.7 Å². The first-order valence-corrected chi connectivity index (χ1v) is 7.53. The van der Waals surface area contributed by atoms with Crippen molar-refractivity contribution in [2.75, 3.05) is 0 Å². The van der Waals surface area contributed by atoms with Gasteiger partial charge in [0.25, 0.3) is 0 Å². The second-order valence-electron chi connectivity index (χ2n) is 5.56. The first-order chi connectivity index (χ1) is 9.22. The van der Waals surface area contributed by atoms with Gasteiger partial charge in [-0.15, -0.1) is 0 Å². The lowest BCUT2D eigenvalue weighted by Gasteiger charge is -2.37. The molecule has 2 nitrogen and oxygen atoms in total. The number of allylic oxidation sites excluding steroid dienone is 2. The molecule has 0 amide bonds. The standard InChI is InChI=1S/C15H14Cl2N2/c16-10-5-6-11-12(7-10)19-15(18-11)13-8-1-3-9(4-2-8)14(13)17/h5-9H,1-4H2,(H,18,19). The average Bonchev–Trinajstić information content (AvgIpc) is 2.82. The van der Waals surface area contributed by atoms with Crippen molar-refractivity contribution in [2.24, 2.45) is 11.8 Å². The highest BCUT2D eigenvalue weighted by molar-refractivity contribution is 6.33. The number of aromatic amines is 1. The fraction of sp³-hybridized carbons (Fsp3) is 0.400. The molecule has 1 N–H and O–H groups in total. The molecule has 0 atom stereocenters. The lowest BCUT2D eigenvalue weighted by molar-refractivity contribution is 0.333. The van der Waals surface area contributed by atoms with E-state index in [1.807, 2.05) is 18.2 Å². The Bertz CT molecular complexity index is 679. The van der Waals surface area contributed by atoms with Crippen LogP contribution in [0.2, 0.25) is 5.02 Å². The number of nitrogens with one attached hydrogen (secondary N) is 1. The Labute approximate surface area is 121 Å². The van der Waals surface area contributed by atoms with Crippen molar-refractivity contribution in [3.63, 3.8) is 0 Å². The third-order valence-corrected chi connectivity index (χ3v) is 5.20. The number of hydrogen-bond donors (Lipinski definition) is 1. The van der Waals surface area contributed by atoms with Crippen molar-refractivity contribution in [1.29, 1.82) is 0 Å². The van der Waals surface area contributed by atoms with Crippen LogP contribution in [0.15, 0.2) is 23.2 Å². The zero-order valence-corrected chi connectivity index (χ0v) is 11.9. The molecule has 19 heavy (non-hydrogen) atoms. The van der Waals surface area contributed by atoms with Gasteiger partial charge in [-0.1, -0.05) is 23.2 Å². The second-order valence-corrected chi connectivity index (χ2v) is 6.40. The number of benzene rings is 1. The van der Waals surface area contributed by atoms with Gasteiger partial charge in [0.1, 0.15) is 5.82 Å². The highest BCUT2D eigenvalue weighted by atomic mass is 35.5. The summed E-state index contributed by atoms with van der Waals surface area (Å²) >= 11 is 12.6. The van der Waals surface area contributed by atoms with E-state index in [-0.39, 0.29) is 0 Å². The highest BCUT2D eigenvalue weighted by Crippen LogP contribution is 2.50. The molecule has 3 aliphatic carbocycles. The van der Waals surface area contributed by atoms with Crippen molar-refractivity contribution in [1.82, 2.24) is 9.97 Å². The third kappa shape index (κ3) is 1.81. The van der Waals surface area contributed by atoms with E-state index in [4.69, 9.17) is 28.2 Å². The minimum Gasteiger partial charge on any atom is -0.338 e. The predicted molar refractivity (Wildman–Crippen MR) is 79.3 cm³/mol. The molecule has 1 fully saturated rings. The van der Waals surface area contributed by atoms with E-state index in [0.29, 0.717) is 11.8 Å². The first kappa shape index (κ1) is 11.8. The van der Waals surface area contributed by atoms with E-state index in [1.165, 1.54) is 31.3 Å². The molecule has 0 aliphatic heterocycles. The molecule has 2 bridgehead atoms. The molecule has 5 rings (SSSR count). The summed E-state index contributed by atoms with van der Waals surface area (Å²) in [5, 5.41) is 1.76. The summed E-state index contributed by atoms with van der Waals surface area (Å²) < 4.78 is 0. The fourth-order valence-electron chi connectivity index (χ4n) is 3.47. The van der Waals surface area contributed by atoms with Crippen LogP contribution in [0.25, 0.3) is 16.6 Å². The Balaban J connectivity index is 1.88. The molecule has 4 heteroatoms. The van der Waals surface area contributed by atoms with Gasteiger partial charge in [0, 0.05) is 15.6 Å². The smallest absolute Gasteiger partial charge is 0.135 e. The minimum atomic E-state index is 0.554. The van der Waals surface area contributed by atoms with Crippen molar-refractivity contribution >= 4 is 39.8 Å². The van der Waals surface area contributed by atoms with Crippen LogP contribution in [0, 0.1) is 11.8 Å². The maximum Gasteiger partial charge on any atom is 0.135 e. The second kappa shape index (κ2) is 4.26. The predicted octanol–water partition coefficient (Wildman–Crippen LogP) is 4.99. The lowest BCUT2D eigenvalue weighted by Crippen LogP contribution is -2.24.